The summed E-state index contributed by atoms with van der Waals surface area (Å²) in [5.41, 5.74) is 1.99. The monoisotopic (exact) mass is 319 g/mol. The van der Waals surface area contributed by atoms with Gasteiger partial charge in [0.05, 0.1) is 5.52 Å². The summed E-state index contributed by atoms with van der Waals surface area (Å²) in [6.45, 7) is 2.07. The number of hydrogen-bond acceptors (Lipinski definition) is 4. The van der Waals surface area contributed by atoms with Gasteiger partial charge in [0.2, 0.25) is 0 Å². The molecule has 1 aromatic heterocycles. The molecule has 0 spiro atoms. The minimum absolute atomic E-state index is 0.241. The number of aromatic nitrogens is 2. The van der Waals surface area contributed by atoms with Crippen molar-refractivity contribution in [2.75, 3.05) is 24.6 Å². The molecule has 0 amide bonds. The highest BCUT2D eigenvalue weighted by Gasteiger charge is 2.22. The fourth-order valence-corrected chi connectivity index (χ4v) is 3.42. The molecule has 3 aromatic rings. The van der Waals surface area contributed by atoms with Crippen LogP contribution in [-0.4, -0.2) is 34.8 Å². The van der Waals surface area contributed by atoms with Gasteiger partial charge in [0.15, 0.2) is 5.82 Å². The molecule has 1 fully saturated rings. The molecule has 2 heterocycles. The molecule has 1 unspecified atom stereocenters. The van der Waals surface area contributed by atoms with Gasteiger partial charge in [-0.05, 0) is 30.9 Å². The van der Waals surface area contributed by atoms with Crippen LogP contribution < -0.4 is 4.90 Å². The van der Waals surface area contributed by atoms with Crippen LogP contribution >= 0.6 is 0 Å². The average molecular weight is 319 g/mol. The number of para-hydroxylation sites is 1. The standard InChI is InChI=1S/C20H21N3O/c24-14-15-7-6-12-23(13-15)20-17-10-4-5-11-18(17)21-19(22-20)16-8-2-1-3-9-16/h1-5,8-11,15,24H,6-7,12-14H2. The van der Waals surface area contributed by atoms with Gasteiger partial charge in [-0.25, -0.2) is 9.97 Å². The minimum Gasteiger partial charge on any atom is -0.396 e. The maximum atomic E-state index is 9.54. The Morgan fingerprint density at radius 3 is 2.62 bits per heavy atom. The third-order valence-electron chi connectivity index (χ3n) is 4.69. The summed E-state index contributed by atoms with van der Waals surface area (Å²) in [6.07, 6.45) is 2.17. The highest BCUT2D eigenvalue weighted by molar-refractivity contribution is 5.91. The maximum Gasteiger partial charge on any atom is 0.162 e. The number of aliphatic hydroxyl groups is 1. The van der Waals surface area contributed by atoms with E-state index in [0.29, 0.717) is 5.92 Å². The summed E-state index contributed by atoms with van der Waals surface area (Å²) < 4.78 is 0. The zero-order chi connectivity index (χ0) is 16.4. The van der Waals surface area contributed by atoms with E-state index in [1.807, 2.05) is 48.5 Å². The van der Waals surface area contributed by atoms with Gasteiger partial charge >= 0.3 is 0 Å². The molecule has 1 atom stereocenters. The van der Waals surface area contributed by atoms with Crippen LogP contribution in [0.25, 0.3) is 22.3 Å². The largest absolute Gasteiger partial charge is 0.396 e. The quantitative estimate of drug-likeness (QED) is 0.802. The summed E-state index contributed by atoms with van der Waals surface area (Å²) >= 11 is 0. The Morgan fingerprint density at radius 1 is 1.00 bits per heavy atom. The predicted molar refractivity (Wildman–Crippen MR) is 97.0 cm³/mol. The van der Waals surface area contributed by atoms with Gasteiger partial charge in [0, 0.05) is 30.6 Å². The highest BCUT2D eigenvalue weighted by Crippen LogP contribution is 2.30. The van der Waals surface area contributed by atoms with Crippen molar-refractivity contribution in [1.29, 1.82) is 0 Å². The van der Waals surface area contributed by atoms with Gasteiger partial charge in [-0.2, -0.15) is 0 Å². The lowest BCUT2D eigenvalue weighted by Crippen LogP contribution is -2.37. The first-order chi connectivity index (χ1) is 11.8. The van der Waals surface area contributed by atoms with Crippen LogP contribution in [0.5, 0.6) is 0 Å². The fourth-order valence-electron chi connectivity index (χ4n) is 3.42. The van der Waals surface area contributed by atoms with Crippen LogP contribution in [0.1, 0.15) is 12.8 Å². The van der Waals surface area contributed by atoms with E-state index in [1.54, 1.807) is 0 Å². The SMILES string of the molecule is OCC1CCCN(c2nc(-c3ccccc3)nc3ccccc23)C1. The van der Waals surface area contributed by atoms with Crippen molar-refractivity contribution >= 4 is 16.7 Å². The van der Waals surface area contributed by atoms with Crippen molar-refractivity contribution < 1.29 is 5.11 Å². The maximum absolute atomic E-state index is 9.54. The van der Waals surface area contributed by atoms with E-state index >= 15 is 0 Å². The molecule has 4 rings (SSSR count). The number of hydrogen-bond donors (Lipinski definition) is 1. The van der Waals surface area contributed by atoms with E-state index < -0.39 is 0 Å². The number of nitrogens with zero attached hydrogens (tertiary/aromatic N) is 3. The van der Waals surface area contributed by atoms with Gasteiger partial charge in [-0.3, -0.25) is 0 Å². The van der Waals surface area contributed by atoms with E-state index in [-0.39, 0.29) is 6.61 Å². The molecule has 122 valence electrons. The molecular formula is C20H21N3O. The van der Waals surface area contributed by atoms with Gasteiger partial charge < -0.3 is 10.0 Å². The highest BCUT2D eigenvalue weighted by atomic mass is 16.3. The normalized spacial score (nSPS) is 18.0. The topological polar surface area (TPSA) is 49.2 Å². The third-order valence-corrected chi connectivity index (χ3v) is 4.69. The van der Waals surface area contributed by atoms with E-state index in [0.717, 1.165) is 54.0 Å². The molecule has 0 aliphatic carbocycles. The Morgan fingerprint density at radius 2 is 1.79 bits per heavy atom. The number of anilines is 1. The summed E-state index contributed by atoms with van der Waals surface area (Å²) in [7, 11) is 0. The number of benzene rings is 2. The van der Waals surface area contributed by atoms with Crippen LogP contribution in [-0.2, 0) is 0 Å². The van der Waals surface area contributed by atoms with Gasteiger partial charge in [-0.1, -0.05) is 42.5 Å². The minimum atomic E-state index is 0.241. The molecule has 24 heavy (non-hydrogen) atoms. The predicted octanol–water partition coefficient (Wildman–Crippen LogP) is 3.51. The first-order valence-electron chi connectivity index (χ1n) is 8.53. The summed E-state index contributed by atoms with van der Waals surface area (Å²) in [4.78, 5) is 12.0. The average Bonchev–Trinajstić information content (AvgIpc) is 2.68. The second-order valence-electron chi connectivity index (χ2n) is 6.39. The number of aliphatic hydroxyl groups excluding tert-OH is 1. The lowest BCUT2D eigenvalue weighted by Gasteiger charge is -2.33. The van der Waals surface area contributed by atoms with Gasteiger partial charge in [-0.15, -0.1) is 0 Å². The summed E-state index contributed by atoms with van der Waals surface area (Å²) in [5, 5.41) is 10.6. The molecule has 0 bridgehead atoms. The van der Waals surface area contributed by atoms with Crippen LogP contribution in [0.3, 0.4) is 0 Å². The molecule has 0 radical (unpaired) electrons. The molecule has 1 aliphatic heterocycles. The molecule has 4 nitrogen and oxygen atoms in total. The van der Waals surface area contributed by atoms with Gasteiger partial charge in [0.1, 0.15) is 5.82 Å². The zero-order valence-electron chi connectivity index (χ0n) is 13.6. The van der Waals surface area contributed by atoms with E-state index in [9.17, 15) is 5.11 Å². The van der Waals surface area contributed by atoms with Gasteiger partial charge in [0.25, 0.3) is 0 Å². The van der Waals surface area contributed by atoms with Crippen LogP contribution in [0.2, 0.25) is 0 Å². The first-order valence-corrected chi connectivity index (χ1v) is 8.53. The van der Waals surface area contributed by atoms with Crippen molar-refractivity contribution in [2.45, 2.75) is 12.8 Å². The Bertz CT molecular complexity index is 835. The molecule has 1 aliphatic rings. The second-order valence-corrected chi connectivity index (χ2v) is 6.39. The molecule has 0 saturated carbocycles. The van der Waals surface area contributed by atoms with Crippen molar-refractivity contribution in [3.05, 3.63) is 54.6 Å². The molecule has 4 heteroatoms. The molecule has 2 aromatic carbocycles. The van der Waals surface area contributed by atoms with Crippen LogP contribution in [0, 0.1) is 5.92 Å². The van der Waals surface area contributed by atoms with Crippen LogP contribution in [0.4, 0.5) is 5.82 Å². The Hall–Kier alpha value is -2.46. The smallest absolute Gasteiger partial charge is 0.162 e. The molecular weight excluding hydrogens is 298 g/mol. The number of piperidine rings is 1. The number of rotatable bonds is 3. The van der Waals surface area contributed by atoms with Crippen molar-refractivity contribution in [3.8, 4) is 11.4 Å². The Kier molecular flexibility index (Phi) is 4.13. The third kappa shape index (κ3) is 2.85. The second kappa shape index (κ2) is 6.57. The van der Waals surface area contributed by atoms with Crippen molar-refractivity contribution in [2.24, 2.45) is 5.92 Å². The zero-order valence-corrected chi connectivity index (χ0v) is 13.6. The lowest BCUT2D eigenvalue weighted by molar-refractivity contribution is 0.208. The molecule has 1 N–H and O–H groups in total. The fraction of sp³-hybridized carbons (Fsp3) is 0.300. The van der Waals surface area contributed by atoms with E-state index in [2.05, 4.69) is 11.0 Å². The van der Waals surface area contributed by atoms with E-state index in [4.69, 9.17) is 9.97 Å². The van der Waals surface area contributed by atoms with Crippen molar-refractivity contribution in [1.82, 2.24) is 9.97 Å². The number of fused-ring (bicyclic) bond motifs is 1. The lowest BCUT2D eigenvalue weighted by atomic mass is 9.99. The van der Waals surface area contributed by atoms with E-state index in [1.165, 1.54) is 0 Å². The Balaban J connectivity index is 1.84. The summed E-state index contributed by atoms with van der Waals surface area (Å²) in [5.74, 6) is 2.07. The van der Waals surface area contributed by atoms with Crippen molar-refractivity contribution in [3.63, 3.8) is 0 Å². The van der Waals surface area contributed by atoms with Crippen LogP contribution in [0.15, 0.2) is 54.6 Å². The summed E-state index contributed by atoms with van der Waals surface area (Å²) in [6, 6.07) is 18.3. The first kappa shape index (κ1) is 15.1. The Labute approximate surface area is 141 Å². The molecule has 1 saturated heterocycles.